The molecule has 0 atom stereocenters. The summed E-state index contributed by atoms with van der Waals surface area (Å²) in [6.45, 7) is 6.96. The van der Waals surface area contributed by atoms with Crippen LogP contribution in [-0.2, 0) is 6.54 Å². The average molecular weight is 228 g/mol. The van der Waals surface area contributed by atoms with Gasteiger partial charge in [-0.1, -0.05) is 12.1 Å². The van der Waals surface area contributed by atoms with E-state index < -0.39 is 0 Å². The van der Waals surface area contributed by atoms with Crippen LogP contribution in [0.25, 0.3) is 11.1 Å². The molecule has 17 heavy (non-hydrogen) atoms. The standard InChI is InChI=1S/C14H16N2O/c1-4-16-8-14(11(3)15-16)13-7-12(9-17)6-5-10(13)2/h5-9H,4H2,1-3H3. The lowest BCUT2D eigenvalue weighted by Gasteiger charge is -2.05. The molecule has 0 bridgehead atoms. The van der Waals surface area contributed by atoms with Crippen LogP contribution in [-0.4, -0.2) is 16.1 Å². The van der Waals surface area contributed by atoms with E-state index in [2.05, 4.69) is 12.0 Å². The van der Waals surface area contributed by atoms with Crippen molar-refractivity contribution >= 4 is 6.29 Å². The van der Waals surface area contributed by atoms with E-state index in [1.807, 2.05) is 42.9 Å². The fourth-order valence-electron chi connectivity index (χ4n) is 1.95. The maximum atomic E-state index is 10.8. The first-order chi connectivity index (χ1) is 8.15. The second kappa shape index (κ2) is 4.53. The van der Waals surface area contributed by atoms with Crippen molar-refractivity contribution in [3.8, 4) is 11.1 Å². The summed E-state index contributed by atoms with van der Waals surface area (Å²) >= 11 is 0. The Kier molecular flexibility index (Phi) is 3.09. The topological polar surface area (TPSA) is 34.9 Å². The third-order valence-corrected chi connectivity index (χ3v) is 2.96. The fraction of sp³-hybridized carbons (Fsp3) is 0.286. The molecule has 1 aromatic carbocycles. The predicted molar refractivity (Wildman–Crippen MR) is 68.2 cm³/mol. The van der Waals surface area contributed by atoms with Crippen molar-refractivity contribution in [2.24, 2.45) is 0 Å². The van der Waals surface area contributed by atoms with Crippen molar-refractivity contribution in [2.45, 2.75) is 27.3 Å². The second-order valence-corrected chi connectivity index (χ2v) is 4.18. The molecule has 2 rings (SSSR count). The minimum absolute atomic E-state index is 0.703. The average Bonchev–Trinajstić information content (AvgIpc) is 2.71. The summed E-state index contributed by atoms with van der Waals surface area (Å²) in [6, 6.07) is 5.74. The van der Waals surface area contributed by atoms with E-state index in [0.717, 1.165) is 35.2 Å². The molecule has 0 aliphatic carbocycles. The van der Waals surface area contributed by atoms with E-state index in [-0.39, 0.29) is 0 Å². The minimum Gasteiger partial charge on any atom is -0.298 e. The van der Waals surface area contributed by atoms with Crippen LogP contribution >= 0.6 is 0 Å². The summed E-state index contributed by atoms with van der Waals surface area (Å²) in [7, 11) is 0. The maximum absolute atomic E-state index is 10.8. The largest absolute Gasteiger partial charge is 0.298 e. The summed E-state index contributed by atoms with van der Waals surface area (Å²) in [4.78, 5) is 10.8. The highest BCUT2D eigenvalue weighted by atomic mass is 16.1. The van der Waals surface area contributed by atoms with Crippen LogP contribution < -0.4 is 0 Å². The highest BCUT2D eigenvalue weighted by Crippen LogP contribution is 2.26. The molecule has 0 spiro atoms. The van der Waals surface area contributed by atoms with Crippen molar-refractivity contribution in [2.75, 3.05) is 0 Å². The van der Waals surface area contributed by atoms with Gasteiger partial charge in [-0.3, -0.25) is 9.48 Å². The normalized spacial score (nSPS) is 10.5. The van der Waals surface area contributed by atoms with Crippen LogP contribution in [0.2, 0.25) is 0 Å². The Balaban J connectivity index is 2.58. The van der Waals surface area contributed by atoms with Crippen LogP contribution in [0.1, 0.15) is 28.5 Å². The van der Waals surface area contributed by atoms with Gasteiger partial charge in [0.25, 0.3) is 0 Å². The Morgan fingerprint density at radius 2 is 2.06 bits per heavy atom. The first kappa shape index (κ1) is 11.6. The Labute approximate surface area is 101 Å². The number of nitrogens with zero attached hydrogens (tertiary/aromatic N) is 2. The lowest BCUT2D eigenvalue weighted by atomic mass is 9.99. The van der Waals surface area contributed by atoms with E-state index in [1.165, 1.54) is 0 Å². The first-order valence-corrected chi connectivity index (χ1v) is 5.76. The molecule has 0 saturated carbocycles. The number of hydrogen-bond donors (Lipinski definition) is 0. The molecule has 3 nitrogen and oxygen atoms in total. The molecule has 2 aromatic rings. The predicted octanol–water partition coefficient (Wildman–Crippen LogP) is 3.00. The van der Waals surface area contributed by atoms with E-state index in [4.69, 9.17) is 0 Å². The molecule has 0 aliphatic heterocycles. The van der Waals surface area contributed by atoms with E-state index >= 15 is 0 Å². The molecular weight excluding hydrogens is 212 g/mol. The van der Waals surface area contributed by atoms with Gasteiger partial charge >= 0.3 is 0 Å². The van der Waals surface area contributed by atoms with Crippen molar-refractivity contribution in [1.82, 2.24) is 9.78 Å². The third kappa shape index (κ3) is 2.13. The van der Waals surface area contributed by atoms with Gasteiger partial charge in [0.1, 0.15) is 6.29 Å². The number of aldehydes is 1. The fourth-order valence-corrected chi connectivity index (χ4v) is 1.95. The summed E-state index contributed by atoms with van der Waals surface area (Å²) in [5.74, 6) is 0. The molecule has 3 heteroatoms. The maximum Gasteiger partial charge on any atom is 0.150 e. The van der Waals surface area contributed by atoms with Crippen LogP contribution in [0, 0.1) is 13.8 Å². The zero-order valence-electron chi connectivity index (χ0n) is 10.4. The van der Waals surface area contributed by atoms with Crippen molar-refractivity contribution < 1.29 is 4.79 Å². The summed E-state index contributed by atoms with van der Waals surface area (Å²) in [6.07, 6.45) is 2.91. The quantitative estimate of drug-likeness (QED) is 0.757. The van der Waals surface area contributed by atoms with E-state index in [0.29, 0.717) is 5.56 Å². The Bertz CT molecular complexity index is 555. The molecule has 1 heterocycles. The van der Waals surface area contributed by atoms with Gasteiger partial charge in [0.15, 0.2) is 0 Å². The molecule has 0 amide bonds. The van der Waals surface area contributed by atoms with Crippen LogP contribution in [0.3, 0.4) is 0 Å². The van der Waals surface area contributed by atoms with Gasteiger partial charge < -0.3 is 0 Å². The monoisotopic (exact) mass is 228 g/mol. The number of rotatable bonds is 3. The second-order valence-electron chi connectivity index (χ2n) is 4.18. The van der Waals surface area contributed by atoms with Crippen LogP contribution in [0.4, 0.5) is 0 Å². The van der Waals surface area contributed by atoms with Crippen LogP contribution in [0.5, 0.6) is 0 Å². The van der Waals surface area contributed by atoms with Gasteiger partial charge in [0.2, 0.25) is 0 Å². The van der Waals surface area contributed by atoms with Crippen molar-refractivity contribution in [3.63, 3.8) is 0 Å². The highest BCUT2D eigenvalue weighted by Gasteiger charge is 2.09. The van der Waals surface area contributed by atoms with E-state index in [9.17, 15) is 4.79 Å². The number of carbonyl (C=O) groups excluding carboxylic acids is 1. The van der Waals surface area contributed by atoms with E-state index in [1.54, 1.807) is 0 Å². The smallest absolute Gasteiger partial charge is 0.150 e. The van der Waals surface area contributed by atoms with Crippen molar-refractivity contribution in [3.05, 3.63) is 41.2 Å². The van der Waals surface area contributed by atoms with Gasteiger partial charge in [0.05, 0.1) is 5.69 Å². The Morgan fingerprint density at radius 3 is 2.65 bits per heavy atom. The molecule has 0 fully saturated rings. The molecular formula is C14H16N2O. The third-order valence-electron chi connectivity index (χ3n) is 2.96. The molecule has 0 N–H and O–H groups in total. The lowest BCUT2D eigenvalue weighted by Crippen LogP contribution is -1.93. The number of aromatic nitrogens is 2. The SMILES string of the molecule is CCn1cc(-c2cc(C=O)ccc2C)c(C)n1. The van der Waals surface area contributed by atoms with Gasteiger partial charge in [-0.2, -0.15) is 5.10 Å². The van der Waals surface area contributed by atoms with Crippen LogP contribution in [0.15, 0.2) is 24.4 Å². The summed E-state index contributed by atoms with van der Waals surface area (Å²) in [5, 5.41) is 4.43. The summed E-state index contributed by atoms with van der Waals surface area (Å²) < 4.78 is 1.91. The van der Waals surface area contributed by atoms with Gasteiger partial charge in [-0.15, -0.1) is 0 Å². The minimum atomic E-state index is 0.703. The Hall–Kier alpha value is -1.90. The molecule has 0 saturated heterocycles. The number of aryl methyl sites for hydroxylation is 3. The molecule has 1 aromatic heterocycles. The molecule has 0 radical (unpaired) electrons. The van der Waals surface area contributed by atoms with Crippen molar-refractivity contribution in [1.29, 1.82) is 0 Å². The Morgan fingerprint density at radius 1 is 1.29 bits per heavy atom. The number of hydrogen-bond acceptors (Lipinski definition) is 2. The summed E-state index contributed by atoms with van der Waals surface area (Å²) in [5.41, 5.74) is 5.06. The molecule has 88 valence electrons. The molecule has 0 aliphatic rings. The van der Waals surface area contributed by atoms with Gasteiger partial charge in [-0.05, 0) is 38.0 Å². The first-order valence-electron chi connectivity index (χ1n) is 5.76. The number of carbonyl (C=O) groups is 1. The highest BCUT2D eigenvalue weighted by molar-refractivity contribution is 5.80. The van der Waals surface area contributed by atoms with Gasteiger partial charge in [-0.25, -0.2) is 0 Å². The zero-order chi connectivity index (χ0) is 12.4. The van der Waals surface area contributed by atoms with Gasteiger partial charge in [0, 0.05) is 23.9 Å². The molecule has 0 unspecified atom stereocenters. The number of benzene rings is 1. The lowest BCUT2D eigenvalue weighted by molar-refractivity contribution is 0.112. The zero-order valence-corrected chi connectivity index (χ0v) is 10.4.